The second-order valence-electron chi connectivity index (χ2n) is 4.34. The van der Waals surface area contributed by atoms with Crippen LogP contribution in [-0.4, -0.2) is 21.6 Å². The van der Waals surface area contributed by atoms with Crippen LogP contribution in [0.4, 0.5) is 24.8 Å². The van der Waals surface area contributed by atoms with Crippen LogP contribution in [0.15, 0.2) is 30.3 Å². The molecule has 0 saturated heterocycles. The molecule has 1 aromatic carbocycles. The number of rotatable bonds is 4. The van der Waals surface area contributed by atoms with E-state index in [4.69, 9.17) is 10.8 Å². The van der Waals surface area contributed by atoms with Gasteiger partial charge < -0.3 is 16.2 Å². The maximum absolute atomic E-state index is 12.5. The number of nitrogens with two attached hydrogens (primary N) is 1. The molecular weight excluding hydrogens is 285 g/mol. The number of phenolic OH excluding ortho intramolecular Hbond substituents is 1. The molecule has 0 aliphatic rings. The molecule has 2 rings (SSSR count). The zero-order valence-corrected chi connectivity index (χ0v) is 10.9. The van der Waals surface area contributed by atoms with Gasteiger partial charge in [-0.15, -0.1) is 0 Å². The maximum atomic E-state index is 12.5. The smallest absolute Gasteiger partial charge is 0.451 e. The van der Waals surface area contributed by atoms with Gasteiger partial charge in [0, 0.05) is 12.6 Å². The van der Waals surface area contributed by atoms with Crippen molar-refractivity contribution in [1.82, 2.24) is 9.97 Å². The highest BCUT2D eigenvalue weighted by molar-refractivity contribution is 5.45. The number of nitrogens with zero attached hydrogens (tertiary/aromatic N) is 2. The van der Waals surface area contributed by atoms with Crippen molar-refractivity contribution in [3.8, 4) is 5.75 Å². The summed E-state index contributed by atoms with van der Waals surface area (Å²) in [6.07, 6.45) is -4.08. The van der Waals surface area contributed by atoms with Gasteiger partial charge in [0.2, 0.25) is 5.82 Å². The number of anilines is 2. The minimum Gasteiger partial charge on any atom is -0.508 e. The first-order valence-corrected chi connectivity index (χ1v) is 6.08. The fourth-order valence-corrected chi connectivity index (χ4v) is 1.68. The molecule has 0 bridgehead atoms. The van der Waals surface area contributed by atoms with Crippen LogP contribution in [0, 0.1) is 0 Å². The van der Waals surface area contributed by atoms with E-state index in [-0.39, 0.29) is 17.4 Å². The van der Waals surface area contributed by atoms with E-state index in [1.165, 1.54) is 6.07 Å². The highest BCUT2D eigenvalue weighted by atomic mass is 19.4. The second-order valence-corrected chi connectivity index (χ2v) is 4.34. The van der Waals surface area contributed by atoms with Gasteiger partial charge in [0.1, 0.15) is 17.4 Å². The summed E-state index contributed by atoms with van der Waals surface area (Å²) in [5.74, 6) is -1.34. The maximum Gasteiger partial charge on any atom is 0.451 e. The average Bonchev–Trinajstić information content (AvgIpc) is 2.39. The number of phenols is 1. The molecule has 0 aliphatic carbocycles. The summed E-state index contributed by atoms with van der Waals surface area (Å²) in [5, 5.41) is 11.9. The third-order valence-electron chi connectivity index (χ3n) is 2.66. The Bertz CT molecular complexity index is 614. The molecule has 0 spiro atoms. The van der Waals surface area contributed by atoms with Gasteiger partial charge in [0.15, 0.2) is 0 Å². The standard InChI is InChI=1S/C13H13F3N4O/c14-13(15,16)12-19-10(17)7-11(20-12)18-6-5-8-1-3-9(21)4-2-8/h1-4,7,21H,5-6H2,(H3,17,18,19,20). The van der Waals surface area contributed by atoms with Crippen molar-refractivity contribution in [3.05, 3.63) is 41.7 Å². The molecule has 112 valence electrons. The number of aromatic hydroxyl groups is 1. The molecule has 0 unspecified atom stereocenters. The van der Waals surface area contributed by atoms with Gasteiger partial charge >= 0.3 is 6.18 Å². The largest absolute Gasteiger partial charge is 0.508 e. The zero-order chi connectivity index (χ0) is 15.5. The Hall–Kier alpha value is -2.51. The molecule has 4 N–H and O–H groups in total. The molecular formula is C13H13F3N4O. The molecule has 1 aromatic heterocycles. The van der Waals surface area contributed by atoms with E-state index in [2.05, 4.69) is 15.3 Å². The Kier molecular flexibility index (Phi) is 4.15. The van der Waals surface area contributed by atoms with Crippen molar-refractivity contribution in [2.24, 2.45) is 0 Å². The van der Waals surface area contributed by atoms with E-state index in [0.29, 0.717) is 13.0 Å². The lowest BCUT2D eigenvalue weighted by molar-refractivity contribution is -0.144. The summed E-state index contributed by atoms with van der Waals surface area (Å²) in [6, 6.07) is 7.78. The van der Waals surface area contributed by atoms with E-state index in [1.807, 2.05) is 0 Å². The molecule has 21 heavy (non-hydrogen) atoms. The van der Waals surface area contributed by atoms with Gasteiger partial charge in [0.25, 0.3) is 0 Å². The van der Waals surface area contributed by atoms with Gasteiger partial charge in [-0.1, -0.05) is 12.1 Å². The van der Waals surface area contributed by atoms with Gasteiger partial charge in [-0.3, -0.25) is 0 Å². The van der Waals surface area contributed by atoms with E-state index in [9.17, 15) is 13.2 Å². The highest BCUT2D eigenvalue weighted by Crippen LogP contribution is 2.27. The van der Waals surface area contributed by atoms with Gasteiger partial charge in [-0.2, -0.15) is 13.2 Å². The van der Waals surface area contributed by atoms with Crippen molar-refractivity contribution in [1.29, 1.82) is 0 Å². The van der Waals surface area contributed by atoms with Crippen LogP contribution in [0.5, 0.6) is 5.75 Å². The predicted octanol–water partition coefficient (Wildman–Crippen LogP) is 2.44. The molecule has 0 amide bonds. The van der Waals surface area contributed by atoms with Crippen LogP contribution in [-0.2, 0) is 12.6 Å². The number of nitrogens with one attached hydrogen (secondary N) is 1. The highest BCUT2D eigenvalue weighted by Gasteiger charge is 2.35. The van der Waals surface area contributed by atoms with Crippen molar-refractivity contribution >= 4 is 11.6 Å². The third kappa shape index (κ3) is 4.23. The molecule has 0 fully saturated rings. The van der Waals surface area contributed by atoms with Crippen LogP contribution in [0.25, 0.3) is 0 Å². The van der Waals surface area contributed by atoms with E-state index >= 15 is 0 Å². The molecule has 0 saturated carbocycles. The average molecular weight is 298 g/mol. The van der Waals surface area contributed by atoms with Crippen LogP contribution >= 0.6 is 0 Å². The lowest BCUT2D eigenvalue weighted by atomic mass is 10.1. The number of nitrogen functional groups attached to an aromatic ring is 1. The molecule has 8 heteroatoms. The van der Waals surface area contributed by atoms with Gasteiger partial charge in [-0.05, 0) is 24.1 Å². The number of hydrogen-bond acceptors (Lipinski definition) is 5. The first-order chi connectivity index (χ1) is 9.84. The Labute approximate surface area is 118 Å². The first-order valence-electron chi connectivity index (χ1n) is 6.08. The Morgan fingerprint density at radius 3 is 2.43 bits per heavy atom. The van der Waals surface area contributed by atoms with Crippen molar-refractivity contribution in [2.45, 2.75) is 12.6 Å². The second kappa shape index (κ2) is 5.86. The van der Waals surface area contributed by atoms with Crippen molar-refractivity contribution in [3.63, 3.8) is 0 Å². The fourth-order valence-electron chi connectivity index (χ4n) is 1.68. The topological polar surface area (TPSA) is 84.1 Å². The Morgan fingerprint density at radius 1 is 1.14 bits per heavy atom. The molecule has 1 heterocycles. The summed E-state index contributed by atoms with van der Waals surface area (Å²) in [6.45, 7) is 0.374. The van der Waals surface area contributed by atoms with Crippen LogP contribution in [0.1, 0.15) is 11.4 Å². The van der Waals surface area contributed by atoms with E-state index in [0.717, 1.165) is 5.56 Å². The quantitative estimate of drug-likeness (QED) is 0.807. The summed E-state index contributed by atoms with van der Waals surface area (Å²) in [4.78, 5) is 6.54. The summed E-state index contributed by atoms with van der Waals surface area (Å²) >= 11 is 0. The molecule has 0 radical (unpaired) electrons. The monoisotopic (exact) mass is 298 g/mol. The third-order valence-corrected chi connectivity index (χ3v) is 2.66. The molecule has 0 atom stereocenters. The summed E-state index contributed by atoms with van der Waals surface area (Å²) in [5.41, 5.74) is 6.27. The first kappa shape index (κ1) is 14.9. The van der Waals surface area contributed by atoms with Crippen LogP contribution < -0.4 is 11.1 Å². The van der Waals surface area contributed by atoms with E-state index < -0.39 is 12.0 Å². The van der Waals surface area contributed by atoms with Gasteiger partial charge in [0.05, 0.1) is 0 Å². The van der Waals surface area contributed by atoms with Crippen LogP contribution in [0.3, 0.4) is 0 Å². The zero-order valence-electron chi connectivity index (χ0n) is 10.9. The van der Waals surface area contributed by atoms with Gasteiger partial charge in [-0.25, -0.2) is 9.97 Å². The van der Waals surface area contributed by atoms with Crippen molar-refractivity contribution in [2.75, 3.05) is 17.6 Å². The molecule has 5 nitrogen and oxygen atoms in total. The number of aromatic nitrogens is 2. The predicted molar refractivity (Wildman–Crippen MR) is 71.7 cm³/mol. The SMILES string of the molecule is Nc1cc(NCCc2ccc(O)cc2)nc(C(F)(F)F)n1. The van der Waals surface area contributed by atoms with Crippen LogP contribution in [0.2, 0.25) is 0 Å². The summed E-state index contributed by atoms with van der Waals surface area (Å²) in [7, 11) is 0. The Morgan fingerprint density at radius 2 is 1.81 bits per heavy atom. The lowest BCUT2D eigenvalue weighted by Gasteiger charge is -2.10. The van der Waals surface area contributed by atoms with E-state index in [1.54, 1.807) is 24.3 Å². The Balaban J connectivity index is 2.00. The van der Waals surface area contributed by atoms with Crippen molar-refractivity contribution < 1.29 is 18.3 Å². The molecule has 2 aromatic rings. The fraction of sp³-hybridized carbons (Fsp3) is 0.231. The number of benzene rings is 1. The normalized spacial score (nSPS) is 11.4. The lowest BCUT2D eigenvalue weighted by Crippen LogP contribution is -2.15. The number of halogens is 3. The number of hydrogen-bond donors (Lipinski definition) is 3. The minimum absolute atomic E-state index is 0.0219. The minimum atomic E-state index is -4.64. The molecule has 0 aliphatic heterocycles. The number of alkyl halides is 3. The summed E-state index contributed by atoms with van der Waals surface area (Å²) < 4.78 is 37.6.